The van der Waals surface area contributed by atoms with Gasteiger partial charge in [-0.2, -0.15) is 30.7 Å². The van der Waals surface area contributed by atoms with Crippen LogP contribution in [0.15, 0.2) is 12.1 Å². The van der Waals surface area contributed by atoms with E-state index in [1.807, 2.05) is 41.5 Å². The molecule has 0 heterocycles. The summed E-state index contributed by atoms with van der Waals surface area (Å²) in [6, 6.07) is 3.44. The Labute approximate surface area is 177 Å². The first-order valence-corrected chi connectivity index (χ1v) is 9.61. The van der Waals surface area contributed by atoms with E-state index >= 15 is 0 Å². The lowest BCUT2D eigenvalue weighted by Crippen LogP contribution is -2.59. The molecule has 0 atom stereocenters. The molecule has 0 aromatic heterocycles. The number of hydrogen-bond donors (Lipinski definition) is 2. The number of aromatic hydroxyl groups is 1. The largest absolute Gasteiger partial charge is 0.507 e. The number of benzene rings is 1. The zero-order chi connectivity index (χ0) is 24.6. The lowest BCUT2D eigenvalue weighted by atomic mass is 9.78. The van der Waals surface area contributed by atoms with Gasteiger partial charge < -0.3 is 10.4 Å². The second-order valence-electron chi connectivity index (χ2n) is 9.55. The van der Waals surface area contributed by atoms with E-state index in [4.69, 9.17) is 0 Å². The van der Waals surface area contributed by atoms with Gasteiger partial charge in [0, 0.05) is 6.54 Å². The Morgan fingerprint density at radius 3 is 1.65 bits per heavy atom. The third-order valence-corrected chi connectivity index (χ3v) is 4.75. The number of rotatable bonds is 6. The van der Waals surface area contributed by atoms with Gasteiger partial charge in [0.05, 0.1) is 0 Å². The summed E-state index contributed by atoms with van der Waals surface area (Å²) in [6.45, 7) is 10.8. The highest BCUT2D eigenvalue weighted by molar-refractivity contribution is 5.84. The second kappa shape index (κ2) is 8.50. The summed E-state index contributed by atoms with van der Waals surface area (Å²) >= 11 is 0. The predicted molar refractivity (Wildman–Crippen MR) is 103 cm³/mol. The summed E-state index contributed by atoms with van der Waals surface area (Å²) in [5.41, 5.74) is 1.17. The van der Waals surface area contributed by atoms with Crippen molar-refractivity contribution in [2.45, 2.75) is 83.2 Å². The number of aryl methyl sites for hydroxylation is 1. The minimum atomic E-state index is -6.56. The number of carbonyl (C=O) groups is 1. The van der Waals surface area contributed by atoms with Crippen LogP contribution in [0.2, 0.25) is 0 Å². The lowest BCUT2D eigenvalue weighted by Gasteiger charge is -2.28. The SMILES string of the molecule is CC(C)(C)c1cc(CCCNC(=O)C(F)(F)C(F)(F)C(F)(F)F)cc(C(C)(C)C)c1O. The van der Waals surface area contributed by atoms with Gasteiger partial charge in [-0.15, -0.1) is 0 Å². The summed E-state index contributed by atoms with van der Waals surface area (Å²) in [5.74, 6) is -15.0. The number of hydrogen-bond acceptors (Lipinski definition) is 2. The summed E-state index contributed by atoms with van der Waals surface area (Å²) in [7, 11) is 0. The number of alkyl halides is 7. The molecule has 0 aliphatic carbocycles. The molecule has 0 saturated carbocycles. The monoisotopic (exact) mass is 459 g/mol. The lowest BCUT2D eigenvalue weighted by molar-refractivity contribution is -0.344. The zero-order valence-corrected chi connectivity index (χ0v) is 18.3. The van der Waals surface area contributed by atoms with Crippen LogP contribution < -0.4 is 5.32 Å². The standard InChI is InChI=1S/C21H28F7NO2/c1-17(2,3)13-10-12(11-14(15(13)30)18(4,5)6)8-7-9-29-16(31)19(22,23)20(24,25)21(26,27)28/h10-11,30H,7-9H2,1-6H3,(H,29,31). The quantitative estimate of drug-likeness (QED) is 0.413. The van der Waals surface area contributed by atoms with E-state index in [1.54, 1.807) is 12.1 Å². The molecule has 0 spiro atoms. The van der Waals surface area contributed by atoms with Crippen LogP contribution in [0.3, 0.4) is 0 Å². The molecule has 0 aliphatic rings. The first-order chi connectivity index (χ1) is 13.6. The van der Waals surface area contributed by atoms with E-state index in [-0.39, 0.29) is 18.6 Å². The highest BCUT2D eigenvalue weighted by atomic mass is 19.4. The van der Waals surface area contributed by atoms with Crippen molar-refractivity contribution in [2.75, 3.05) is 6.54 Å². The predicted octanol–water partition coefficient (Wildman–Crippen LogP) is 5.87. The van der Waals surface area contributed by atoms with E-state index in [2.05, 4.69) is 0 Å². The molecule has 1 aromatic rings. The molecule has 3 nitrogen and oxygen atoms in total. The van der Waals surface area contributed by atoms with Crippen molar-refractivity contribution in [3.63, 3.8) is 0 Å². The molecule has 1 amide bonds. The topological polar surface area (TPSA) is 49.3 Å². The fraction of sp³-hybridized carbons (Fsp3) is 0.667. The first-order valence-electron chi connectivity index (χ1n) is 9.61. The van der Waals surface area contributed by atoms with Crippen molar-refractivity contribution in [2.24, 2.45) is 0 Å². The molecule has 31 heavy (non-hydrogen) atoms. The third kappa shape index (κ3) is 5.83. The van der Waals surface area contributed by atoms with Crippen LogP contribution >= 0.6 is 0 Å². The maximum Gasteiger partial charge on any atom is 0.460 e. The van der Waals surface area contributed by atoms with Crippen LogP contribution in [0, 0.1) is 0 Å². The number of nitrogens with one attached hydrogen (secondary N) is 1. The van der Waals surface area contributed by atoms with Gasteiger partial charge in [0.25, 0.3) is 5.91 Å². The molecule has 1 rings (SSSR count). The van der Waals surface area contributed by atoms with E-state index < -0.39 is 41.3 Å². The Kier molecular flexibility index (Phi) is 7.41. The molecule has 0 radical (unpaired) electrons. The molecule has 178 valence electrons. The maximum atomic E-state index is 13.3. The Morgan fingerprint density at radius 1 is 0.871 bits per heavy atom. The minimum absolute atomic E-state index is 0.0113. The summed E-state index contributed by atoms with van der Waals surface area (Å²) in [4.78, 5) is 11.3. The van der Waals surface area contributed by atoms with E-state index in [0.29, 0.717) is 16.7 Å². The Morgan fingerprint density at radius 2 is 1.29 bits per heavy atom. The number of phenols is 1. The molecular formula is C21H28F7NO2. The average Bonchev–Trinajstić information content (AvgIpc) is 2.56. The Hall–Kier alpha value is -2.00. The van der Waals surface area contributed by atoms with Crippen molar-refractivity contribution < 1.29 is 40.6 Å². The molecule has 0 saturated heterocycles. The molecule has 0 aliphatic heterocycles. The molecular weight excluding hydrogens is 431 g/mol. The Balaban J connectivity index is 2.95. The summed E-state index contributed by atoms with van der Waals surface area (Å²) < 4.78 is 89.0. The fourth-order valence-electron chi connectivity index (χ4n) is 2.91. The summed E-state index contributed by atoms with van der Waals surface area (Å²) in [5, 5.41) is 12.1. The number of phenolic OH excluding ortho intramolecular Hbond substituents is 1. The van der Waals surface area contributed by atoms with Crippen molar-refractivity contribution in [1.82, 2.24) is 5.32 Å². The zero-order valence-electron chi connectivity index (χ0n) is 18.3. The van der Waals surface area contributed by atoms with Gasteiger partial charge in [0.1, 0.15) is 5.75 Å². The molecule has 10 heteroatoms. The van der Waals surface area contributed by atoms with Gasteiger partial charge in [-0.05, 0) is 40.4 Å². The van der Waals surface area contributed by atoms with Crippen LogP contribution in [0.5, 0.6) is 5.75 Å². The molecule has 1 aromatic carbocycles. The normalized spacial score (nSPS) is 14.0. The fourth-order valence-corrected chi connectivity index (χ4v) is 2.91. The number of halogens is 7. The second-order valence-corrected chi connectivity index (χ2v) is 9.55. The summed E-state index contributed by atoms with van der Waals surface area (Å²) in [6.07, 6.45) is -6.34. The van der Waals surface area contributed by atoms with Crippen molar-refractivity contribution >= 4 is 5.91 Å². The van der Waals surface area contributed by atoms with Crippen LogP contribution in [0.4, 0.5) is 30.7 Å². The van der Waals surface area contributed by atoms with Gasteiger partial charge in [0.15, 0.2) is 0 Å². The van der Waals surface area contributed by atoms with Crippen molar-refractivity contribution in [3.05, 3.63) is 28.8 Å². The number of carbonyl (C=O) groups excluding carboxylic acids is 1. The highest BCUT2D eigenvalue weighted by Crippen LogP contribution is 2.46. The van der Waals surface area contributed by atoms with Gasteiger partial charge in [-0.25, -0.2) is 0 Å². The average molecular weight is 459 g/mol. The highest BCUT2D eigenvalue weighted by Gasteiger charge is 2.76. The number of amides is 1. The van der Waals surface area contributed by atoms with Crippen molar-refractivity contribution in [3.8, 4) is 5.75 Å². The van der Waals surface area contributed by atoms with E-state index in [1.165, 1.54) is 5.32 Å². The van der Waals surface area contributed by atoms with Crippen LogP contribution in [0.25, 0.3) is 0 Å². The van der Waals surface area contributed by atoms with Gasteiger partial charge in [0.2, 0.25) is 0 Å². The van der Waals surface area contributed by atoms with Gasteiger partial charge in [-0.3, -0.25) is 4.79 Å². The van der Waals surface area contributed by atoms with Gasteiger partial charge in [-0.1, -0.05) is 53.7 Å². The molecule has 0 bridgehead atoms. The molecule has 0 unspecified atom stereocenters. The third-order valence-electron chi connectivity index (χ3n) is 4.75. The minimum Gasteiger partial charge on any atom is -0.507 e. The van der Waals surface area contributed by atoms with Crippen LogP contribution in [0.1, 0.15) is 64.7 Å². The smallest absolute Gasteiger partial charge is 0.460 e. The van der Waals surface area contributed by atoms with E-state index in [0.717, 1.165) is 0 Å². The maximum absolute atomic E-state index is 13.3. The van der Waals surface area contributed by atoms with E-state index in [9.17, 15) is 40.6 Å². The van der Waals surface area contributed by atoms with Crippen molar-refractivity contribution in [1.29, 1.82) is 0 Å². The molecule has 0 fully saturated rings. The Bertz CT molecular complexity index is 768. The van der Waals surface area contributed by atoms with Crippen LogP contribution in [-0.2, 0) is 22.0 Å². The molecule has 2 N–H and O–H groups in total. The first kappa shape index (κ1) is 27.0. The van der Waals surface area contributed by atoms with Gasteiger partial charge >= 0.3 is 18.0 Å². The van der Waals surface area contributed by atoms with Crippen LogP contribution in [-0.4, -0.2) is 35.6 Å².